The van der Waals surface area contributed by atoms with Crippen molar-refractivity contribution in [2.24, 2.45) is 0 Å². The van der Waals surface area contributed by atoms with Crippen LogP contribution < -0.4 is 10.2 Å². The summed E-state index contributed by atoms with van der Waals surface area (Å²) in [5, 5.41) is 3.28. The van der Waals surface area contributed by atoms with Gasteiger partial charge in [-0.05, 0) is 48.9 Å². The van der Waals surface area contributed by atoms with Gasteiger partial charge in [0.1, 0.15) is 5.82 Å². The van der Waals surface area contributed by atoms with Crippen molar-refractivity contribution in [3.8, 4) is 0 Å². The molecule has 1 heterocycles. The number of hydrogen-bond acceptors (Lipinski definition) is 3. The van der Waals surface area contributed by atoms with Gasteiger partial charge in [0.25, 0.3) is 5.91 Å². The normalized spacial score (nSPS) is 14.2. The second-order valence-corrected chi connectivity index (χ2v) is 6.92. The highest BCUT2D eigenvalue weighted by molar-refractivity contribution is 6.30. The van der Waals surface area contributed by atoms with Gasteiger partial charge >= 0.3 is 0 Å². The molecule has 0 spiro atoms. The molecule has 1 N–H and O–H groups in total. The number of benzene rings is 2. The van der Waals surface area contributed by atoms with Crippen molar-refractivity contribution < 1.29 is 14.0 Å². The number of amides is 2. The first-order chi connectivity index (χ1) is 12.9. The van der Waals surface area contributed by atoms with Gasteiger partial charge < -0.3 is 15.1 Å². The number of aryl methyl sites for hydroxylation is 1. The summed E-state index contributed by atoms with van der Waals surface area (Å²) in [4.78, 5) is 28.5. The second kappa shape index (κ2) is 8.39. The molecule has 27 heavy (non-hydrogen) atoms. The highest BCUT2D eigenvalue weighted by atomic mass is 35.5. The third kappa shape index (κ3) is 4.77. The number of halogens is 2. The predicted octanol–water partition coefficient (Wildman–Crippen LogP) is 2.87. The zero-order chi connectivity index (χ0) is 19.4. The van der Waals surface area contributed by atoms with Gasteiger partial charge in [-0.3, -0.25) is 9.59 Å². The van der Waals surface area contributed by atoms with E-state index in [0.29, 0.717) is 36.8 Å². The Morgan fingerprint density at radius 1 is 1.07 bits per heavy atom. The molecule has 142 valence electrons. The van der Waals surface area contributed by atoms with Crippen molar-refractivity contribution in [2.45, 2.75) is 6.92 Å². The average molecular weight is 390 g/mol. The van der Waals surface area contributed by atoms with Crippen molar-refractivity contribution in [2.75, 3.05) is 37.6 Å². The highest BCUT2D eigenvalue weighted by Crippen LogP contribution is 2.19. The van der Waals surface area contributed by atoms with Crippen LogP contribution in [0.2, 0.25) is 5.02 Å². The zero-order valence-corrected chi connectivity index (χ0v) is 15.8. The van der Waals surface area contributed by atoms with Crippen LogP contribution in [-0.4, -0.2) is 49.4 Å². The van der Waals surface area contributed by atoms with Crippen molar-refractivity contribution in [3.05, 3.63) is 64.4 Å². The van der Waals surface area contributed by atoms with E-state index in [1.807, 2.05) is 24.3 Å². The van der Waals surface area contributed by atoms with Gasteiger partial charge in [-0.1, -0.05) is 17.7 Å². The Bertz CT molecular complexity index is 834. The molecule has 0 radical (unpaired) electrons. The number of carbonyl (C=O) groups excluding carboxylic acids is 2. The van der Waals surface area contributed by atoms with E-state index in [2.05, 4.69) is 10.2 Å². The standard InChI is InChI=1S/C20H21ClFN3O2/c1-14-2-5-16(22)12-18(14)20(27)23-13-19(26)25-10-8-24(9-11-25)17-6-3-15(21)4-7-17/h2-7,12H,8-11,13H2,1H3,(H,23,27). The van der Waals surface area contributed by atoms with Crippen LogP contribution in [0.3, 0.4) is 0 Å². The molecule has 5 nitrogen and oxygen atoms in total. The van der Waals surface area contributed by atoms with Gasteiger partial charge in [0.2, 0.25) is 5.91 Å². The van der Waals surface area contributed by atoms with Crippen LogP contribution in [-0.2, 0) is 4.79 Å². The van der Waals surface area contributed by atoms with Gasteiger partial charge in [0.15, 0.2) is 0 Å². The summed E-state index contributed by atoms with van der Waals surface area (Å²) in [5.41, 5.74) is 1.98. The van der Waals surface area contributed by atoms with E-state index < -0.39 is 11.7 Å². The number of rotatable bonds is 4. The lowest BCUT2D eigenvalue weighted by molar-refractivity contribution is -0.130. The summed E-state index contributed by atoms with van der Waals surface area (Å²) >= 11 is 5.91. The van der Waals surface area contributed by atoms with E-state index in [9.17, 15) is 14.0 Å². The minimum absolute atomic E-state index is 0.101. The van der Waals surface area contributed by atoms with Gasteiger partial charge in [-0.15, -0.1) is 0 Å². The molecule has 0 saturated carbocycles. The Morgan fingerprint density at radius 3 is 2.41 bits per heavy atom. The zero-order valence-electron chi connectivity index (χ0n) is 15.0. The molecule has 0 atom stereocenters. The quantitative estimate of drug-likeness (QED) is 0.874. The Hall–Kier alpha value is -2.60. The largest absolute Gasteiger partial charge is 0.368 e. The Kier molecular flexibility index (Phi) is 5.96. The first kappa shape index (κ1) is 19.2. The first-order valence-corrected chi connectivity index (χ1v) is 9.14. The van der Waals surface area contributed by atoms with Crippen LogP contribution in [0.5, 0.6) is 0 Å². The summed E-state index contributed by atoms with van der Waals surface area (Å²) in [5.74, 6) is -1.07. The van der Waals surface area contributed by atoms with Crippen molar-refractivity contribution in [1.82, 2.24) is 10.2 Å². The smallest absolute Gasteiger partial charge is 0.252 e. The molecule has 7 heteroatoms. The maximum atomic E-state index is 13.3. The fourth-order valence-corrected chi connectivity index (χ4v) is 3.19. The molecule has 1 fully saturated rings. The maximum Gasteiger partial charge on any atom is 0.252 e. The summed E-state index contributed by atoms with van der Waals surface area (Å²) in [6.45, 7) is 4.21. The summed E-state index contributed by atoms with van der Waals surface area (Å²) in [6, 6.07) is 11.6. The molecule has 3 rings (SSSR count). The fourth-order valence-electron chi connectivity index (χ4n) is 3.07. The number of anilines is 1. The molecule has 0 bridgehead atoms. The van der Waals surface area contributed by atoms with Crippen LogP contribution in [0.1, 0.15) is 15.9 Å². The minimum atomic E-state index is -0.476. The molecule has 2 amide bonds. The average Bonchev–Trinajstić information content (AvgIpc) is 2.68. The van der Waals surface area contributed by atoms with Gasteiger partial charge in [-0.25, -0.2) is 4.39 Å². The number of piperazine rings is 1. The molecular weight excluding hydrogens is 369 g/mol. The van der Waals surface area contributed by atoms with E-state index >= 15 is 0 Å². The predicted molar refractivity (Wildman–Crippen MR) is 104 cm³/mol. The van der Waals surface area contributed by atoms with E-state index in [1.165, 1.54) is 12.1 Å². The van der Waals surface area contributed by atoms with Crippen molar-refractivity contribution >= 4 is 29.1 Å². The maximum absolute atomic E-state index is 13.3. The Morgan fingerprint density at radius 2 is 1.74 bits per heavy atom. The summed E-state index contributed by atoms with van der Waals surface area (Å²) in [7, 11) is 0. The van der Waals surface area contributed by atoms with Gasteiger partial charge in [0, 0.05) is 42.5 Å². The lowest BCUT2D eigenvalue weighted by Gasteiger charge is -2.36. The first-order valence-electron chi connectivity index (χ1n) is 8.76. The number of hydrogen-bond donors (Lipinski definition) is 1. The molecule has 1 saturated heterocycles. The van der Waals surface area contributed by atoms with E-state index in [1.54, 1.807) is 17.9 Å². The summed E-state index contributed by atoms with van der Waals surface area (Å²) < 4.78 is 13.3. The summed E-state index contributed by atoms with van der Waals surface area (Å²) in [6.07, 6.45) is 0. The molecule has 0 aromatic heterocycles. The molecule has 1 aliphatic rings. The molecular formula is C20H21ClFN3O2. The number of carbonyl (C=O) groups is 2. The molecule has 2 aromatic rings. The van der Waals surface area contributed by atoms with Gasteiger partial charge in [0.05, 0.1) is 6.54 Å². The highest BCUT2D eigenvalue weighted by Gasteiger charge is 2.22. The number of nitrogens with zero attached hydrogens (tertiary/aromatic N) is 2. The van der Waals surface area contributed by atoms with Crippen LogP contribution in [0, 0.1) is 12.7 Å². The van der Waals surface area contributed by atoms with E-state index in [0.717, 1.165) is 5.69 Å². The lowest BCUT2D eigenvalue weighted by Crippen LogP contribution is -2.51. The van der Waals surface area contributed by atoms with Crippen LogP contribution in [0.4, 0.5) is 10.1 Å². The molecule has 0 aliphatic carbocycles. The number of nitrogens with one attached hydrogen (secondary N) is 1. The van der Waals surface area contributed by atoms with Crippen LogP contribution in [0.25, 0.3) is 0 Å². The third-order valence-electron chi connectivity index (χ3n) is 4.67. The lowest BCUT2D eigenvalue weighted by atomic mass is 10.1. The van der Waals surface area contributed by atoms with E-state index in [-0.39, 0.29) is 18.0 Å². The Labute approximate surface area is 162 Å². The molecule has 0 unspecified atom stereocenters. The van der Waals surface area contributed by atoms with Crippen LogP contribution >= 0.6 is 11.6 Å². The van der Waals surface area contributed by atoms with Crippen LogP contribution in [0.15, 0.2) is 42.5 Å². The van der Waals surface area contributed by atoms with E-state index in [4.69, 9.17) is 11.6 Å². The topological polar surface area (TPSA) is 52.7 Å². The van der Waals surface area contributed by atoms with Gasteiger partial charge in [-0.2, -0.15) is 0 Å². The molecule has 2 aromatic carbocycles. The SMILES string of the molecule is Cc1ccc(F)cc1C(=O)NCC(=O)N1CCN(c2ccc(Cl)cc2)CC1. The monoisotopic (exact) mass is 389 g/mol. The third-order valence-corrected chi connectivity index (χ3v) is 4.92. The fraction of sp³-hybridized carbons (Fsp3) is 0.300. The van der Waals surface area contributed by atoms with Crippen molar-refractivity contribution in [1.29, 1.82) is 0 Å². The Balaban J connectivity index is 1.50. The second-order valence-electron chi connectivity index (χ2n) is 6.49. The molecule has 1 aliphatic heterocycles. The van der Waals surface area contributed by atoms with Crippen molar-refractivity contribution in [3.63, 3.8) is 0 Å². The minimum Gasteiger partial charge on any atom is -0.368 e.